The molecular weight excluding hydrogens is 222 g/mol. The fourth-order valence-corrected chi connectivity index (χ4v) is 2.56. The van der Waals surface area contributed by atoms with E-state index in [0.717, 1.165) is 25.1 Å². The van der Waals surface area contributed by atoms with Gasteiger partial charge in [-0.05, 0) is 69.3 Å². The zero-order valence-electron chi connectivity index (χ0n) is 11.5. The lowest BCUT2D eigenvalue weighted by Gasteiger charge is -2.22. The van der Waals surface area contributed by atoms with Crippen molar-refractivity contribution >= 4 is 5.78 Å². The van der Waals surface area contributed by atoms with E-state index in [1.165, 1.54) is 24.0 Å². The van der Waals surface area contributed by atoms with Crippen molar-refractivity contribution in [2.24, 2.45) is 5.92 Å². The lowest BCUT2D eigenvalue weighted by atomic mass is 9.92. The van der Waals surface area contributed by atoms with Gasteiger partial charge >= 0.3 is 0 Å². The molecule has 0 radical (unpaired) electrons. The zero-order chi connectivity index (χ0) is 13.0. The van der Waals surface area contributed by atoms with Crippen molar-refractivity contribution in [2.45, 2.75) is 39.5 Å². The summed E-state index contributed by atoms with van der Waals surface area (Å²) in [6.45, 7) is 6.37. The van der Waals surface area contributed by atoms with Gasteiger partial charge in [0.2, 0.25) is 0 Å². The molecule has 0 saturated carbocycles. The van der Waals surface area contributed by atoms with E-state index in [2.05, 4.69) is 19.2 Å². The van der Waals surface area contributed by atoms with Crippen LogP contribution in [-0.4, -0.2) is 18.9 Å². The molecule has 0 spiro atoms. The number of ketones is 1. The number of piperidine rings is 1. The van der Waals surface area contributed by atoms with E-state index in [-0.39, 0.29) is 0 Å². The number of nitrogens with one attached hydrogen (secondary N) is 1. The van der Waals surface area contributed by atoms with Crippen LogP contribution in [0.5, 0.6) is 0 Å². The van der Waals surface area contributed by atoms with Gasteiger partial charge in [0.15, 0.2) is 5.78 Å². The third-order valence-electron chi connectivity index (χ3n) is 4.01. The van der Waals surface area contributed by atoms with Gasteiger partial charge in [-0.1, -0.05) is 12.1 Å². The maximum atomic E-state index is 12.1. The summed E-state index contributed by atoms with van der Waals surface area (Å²) in [6.07, 6.45) is 4.24. The first-order valence-corrected chi connectivity index (χ1v) is 6.98. The molecule has 1 N–H and O–H groups in total. The molecule has 2 heteroatoms. The Labute approximate surface area is 110 Å². The summed E-state index contributed by atoms with van der Waals surface area (Å²) in [5.41, 5.74) is 3.34. The number of hydrogen-bond donors (Lipinski definition) is 1. The van der Waals surface area contributed by atoms with Crippen molar-refractivity contribution in [3.8, 4) is 0 Å². The van der Waals surface area contributed by atoms with Crippen molar-refractivity contribution in [2.75, 3.05) is 13.1 Å². The number of carbonyl (C=O) groups excluding carboxylic acids is 1. The first kappa shape index (κ1) is 13.3. The summed E-state index contributed by atoms with van der Waals surface area (Å²) in [4.78, 5) is 12.1. The normalized spacial score (nSPS) is 19.8. The number of benzene rings is 1. The van der Waals surface area contributed by atoms with Gasteiger partial charge in [0, 0.05) is 12.0 Å². The minimum Gasteiger partial charge on any atom is -0.316 e. The molecule has 1 aliphatic heterocycles. The van der Waals surface area contributed by atoms with Crippen LogP contribution in [-0.2, 0) is 0 Å². The van der Waals surface area contributed by atoms with Crippen molar-refractivity contribution in [3.05, 3.63) is 34.9 Å². The summed E-state index contributed by atoms with van der Waals surface area (Å²) < 4.78 is 0. The minimum absolute atomic E-state index is 0.295. The first-order chi connectivity index (χ1) is 8.66. The number of rotatable bonds is 4. The van der Waals surface area contributed by atoms with E-state index in [1.54, 1.807) is 0 Å². The van der Waals surface area contributed by atoms with Crippen molar-refractivity contribution in [1.29, 1.82) is 0 Å². The van der Waals surface area contributed by atoms with Crippen LogP contribution in [0.3, 0.4) is 0 Å². The number of carbonyl (C=O) groups is 1. The molecule has 1 aromatic rings. The smallest absolute Gasteiger partial charge is 0.162 e. The summed E-state index contributed by atoms with van der Waals surface area (Å²) in [5.74, 6) is 0.984. The number of Topliss-reactive ketones (excluding diaryl/α,β-unsaturated/α-hetero) is 1. The third kappa shape index (κ3) is 3.42. The second-order valence-electron chi connectivity index (χ2n) is 5.47. The van der Waals surface area contributed by atoms with Gasteiger partial charge in [0.05, 0.1) is 0 Å². The van der Waals surface area contributed by atoms with Crippen LogP contribution in [0.25, 0.3) is 0 Å². The fraction of sp³-hybridized carbons (Fsp3) is 0.562. The van der Waals surface area contributed by atoms with Crippen LogP contribution in [0, 0.1) is 19.8 Å². The molecule has 1 saturated heterocycles. The molecule has 2 nitrogen and oxygen atoms in total. The van der Waals surface area contributed by atoms with Crippen LogP contribution in [0.4, 0.5) is 0 Å². The first-order valence-electron chi connectivity index (χ1n) is 6.98. The average molecular weight is 245 g/mol. The monoisotopic (exact) mass is 245 g/mol. The van der Waals surface area contributed by atoms with Gasteiger partial charge in [-0.2, -0.15) is 0 Å². The molecule has 18 heavy (non-hydrogen) atoms. The number of hydrogen-bond acceptors (Lipinski definition) is 2. The van der Waals surface area contributed by atoms with Crippen molar-refractivity contribution < 1.29 is 4.79 Å². The van der Waals surface area contributed by atoms with E-state index >= 15 is 0 Å². The lowest BCUT2D eigenvalue weighted by Crippen LogP contribution is -2.30. The highest BCUT2D eigenvalue weighted by Crippen LogP contribution is 2.18. The van der Waals surface area contributed by atoms with E-state index in [4.69, 9.17) is 0 Å². The molecule has 1 aliphatic rings. The van der Waals surface area contributed by atoms with E-state index in [9.17, 15) is 4.79 Å². The minimum atomic E-state index is 0.295. The highest BCUT2D eigenvalue weighted by Gasteiger charge is 2.15. The Kier molecular flexibility index (Phi) is 4.54. The molecule has 2 rings (SSSR count). The Morgan fingerprint density at radius 3 is 2.83 bits per heavy atom. The number of aryl methyl sites for hydroxylation is 2. The second-order valence-corrected chi connectivity index (χ2v) is 5.47. The second kappa shape index (κ2) is 6.14. The Morgan fingerprint density at radius 1 is 1.33 bits per heavy atom. The Bertz CT molecular complexity index is 419. The topological polar surface area (TPSA) is 29.1 Å². The summed E-state index contributed by atoms with van der Waals surface area (Å²) in [7, 11) is 0. The molecule has 1 aromatic carbocycles. The van der Waals surface area contributed by atoms with Gasteiger partial charge in [0.1, 0.15) is 0 Å². The lowest BCUT2D eigenvalue weighted by molar-refractivity contribution is 0.0971. The predicted octanol–water partition coefficient (Wildman–Crippen LogP) is 3.27. The van der Waals surface area contributed by atoms with Gasteiger partial charge < -0.3 is 5.32 Å². The van der Waals surface area contributed by atoms with Crippen LogP contribution in [0.1, 0.15) is 47.2 Å². The standard InChI is InChI=1S/C16H23NO/c1-12-5-7-15(10-13(12)2)16(18)8-6-14-4-3-9-17-11-14/h5,7,10,14,17H,3-4,6,8-9,11H2,1-2H3. The van der Waals surface area contributed by atoms with Gasteiger partial charge in [-0.15, -0.1) is 0 Å². The molecule has 0 aliphatic carbocycles. The van der Waals surface area contributed by atoms with Gasteiger partial charge in [-0.25, -0.2) is 0 Å². The van der Waals surface area contributed by atoms with Crippen molar-refractivity contribution in [3.63, 3.8) is 0 Å². The Balaban J connectivity index is 1.88. The highest BCUT2D eigenvalue weighted by atomic mass is 16.1. The maximum absolute atomic E-state index is 12.1. The van der Waals surface area contributed by atoms with Gasteiger partial charge in [-0.3, -0.25) is 4.79 Å². The molecule has 1 fully saturated rings. The van der Waals surface area contributed by atoms with Crippen molar-refractivity contribution in [1.82, 2.24) is 5.32 Å². The molecule has 1 unspecified atom stereocenters. The molecule has 0 bridgehead atoms. The van der Waals surface area contributed by atoms with Crippen LogP contribution < -0.4 is 5.32 Å². The molecule has 0 aromatic heterocycles. The zero-order valence-corrected chi connectivity index (χ0v) is 11.5. The predicted molar refractivity (Wildman–Crippen MR) is 75.1 cm³/mol. The molecule has 1 heterocycles. The SMILES string of the molecule is Cc1ccc(C(=O)CCC2CCCNC2)cc1C. The highest BCUT2D eigenvalue weighted by molar-refractivity contribution is 5.96. The largest absolute Gasteiger partial charge is 0.316 e. The summed E-state index contributed by atoms with van der Waals surface area (Å²) in [5, 5.41) is 3.40. The quantitative estimate of drug-likeness (QED) is 0.825. The average Bonchev–Trinajstić information content (AvgIpc) is 2.40. The van der Waals surface area contributed by atoms with Gasteiger partial charge in [0.25, 0.3) is 0 Å². The third-order valence-corrected chi connectivity index (χ3v) is 4.01. The Morgan fingerprint density at radius 2 is 2.17 bits per heavy atom. The molecule has 0 amide bonds. The molecule has 98 valence electrons. The van der Waals surface area contributed by atoms with E-state index in [0.29, 0.717) is 18.1 Å². The maximum Gasteiger partial charge on any atom is 0.162 e. The summed E-state index contributed by atoms with van der Waals surface area (Å²) in [6, 6.07) is 6.03. The fourth-order valence-electron chi connectivity index (χ4n) is 2.56. The molecular formula is C16H23NO. The van der Waals surface area contributed by atoms with Crippen LogP contribution >= 0.6 is 0 Å². The van der Waals surface area contributed by atoms with Crippen LogP contribution in [0.2, 0.25) is 0 Å². The van der Waals surface area contributed by atoms with E-state index in [1.807, 2.05) is 18.2 Å². The molecule has 1 atom stereocenters. The van der Waals surface area contributed by atoms with E-state index < -0.39 is 0 Å². The Hall–Kier alpha value is -1.15. The van der Waals surface area contributed by atoms with Crippen LogP contribution in [0.15, 0.2) is 18.2 Å². The summed E-state index contributed by atoms with van der Waals surface area (Å²) >= 11 is 0.